The second kappa shape index (κ2) is 8.81. The number of carbonyl (C=O) groups excluding carboxylic acids is 1. The van der Waals surface area contributed by atoms with E-state index >= 15 is 0 Å². The van der Waals surface area contributed by atoms with E-state index in [1.807, 2.05) is 72.8 Å². The molecule has 3 aromatic rings. The number of amides is 1. The van der Waals surface area contributed by atoms with Gasteiger partial charge in [0.2, 0.25) is 0 Å². The lowest BCUT2D eigenvalue weighted by Crippen LogP contribution is -2.26. The van der Waals surface area contributed by atoms with Gasteiger partial charge in [0.25, 0.3) is 5.91 Å². The first kappa shape index (κ1) is 17.7. The van der Waals surface area contributed by atoms with Crippen molar-refractivity contribution in [1.82, 2.24) is 5.43 Å². The summed E-state index contributed by atoms with van der Waals surface area (Å²) < 4.78 is 5.59. The zero-order valence-electron chi connectivity index (χ0n) is 14.8. The van der Waals surface area contributed by atoms with E-state index in [1.165, 1.54) is 0 Å². The van der Waals surface area contributed by atoms with Crippen LogP contribution in [0.4, 0.5) is 0 Å². The van der Waals surface area contributed by atoms with E-state index < -0.39 is 0 Å². The van der Waals surface area contributed by atoms with Crippen molar-refractivity contribution in [1.29, 1.82) is 0 Å². The summed E-state index contributed by atoms with van der Waals surface area (Å²) in [7, 11) is 0. The van der Waals surface area contributed by atoms with E-state index in [9.17, 15) is 4.79 Å². The molecule has 132 valence electrons. The lowest BCUT2D eigenvalue weighted by molar-refractivity contribution is -0.123. The number of nitrogens with one attached hydrogen (secondary N) is 1. The second-order valence-corrected chi connectivity index (χ2v) is 6.01. The molecule has 0 saturated heterocycles. The zero-order valence-corrected chi connectivity index (χ0v) is 14.8. The minimum atomic E-state index is -0.275. The van der Waals surface area contributed by atoms with Gasteiger partial charge in [-0.15, -0.1) is 0 Å². The molecule has 0 aliphatic carbocycles. The Kier molecular flexibility index (Phi) is 5.99. The van der Waals surface area contributed by atoms with Gasteiger partial charge >= 0.3 is 0 Å². The first-order chi connectivity index (χ1) is 12.8. The normalized spacial score (nSPS) is 11.3. The molecule has 1 N–H and O–H groups in total. The number of rotatable bonds is 7. The standard InChI is InChI=1S/C22H22N2O2/c1-2-8-21(18-10-4-3-5-11-18)23-24-22(25)16-26-20-14-13-17-9-6-7-12-19(17)15-20/h3-7,9-15H,2,8,16H2,1H3,(H,24,25). The van der Waals surface area contributed by atoms with Crippen molar-refractivity contribution in [3.63, 3.8) is 0 Å². The van der Waals surface area contributed by atoms with E-state index in [0.29, 0.717) is 5.75 Å². The summed E-state index contributed by atoms with van der Waals surface area (Å²) in [5.41, 5.74) is 4.48. The molecule has 26 heavy (non-hydrogen) atoms. The first-order valence-corrected chi connectivity index (χ1v) is 8.78. The lowest BCUT2D eigenvalue weighted by Gasteiger charge is -2.08. The maximum atomic E-state index is 12.1. The monoisotopic (exact) mass is 346 g/mol. The third-order valence-corrected chi connectivity index (χ3v) is 4.00. The number of fused-ring (bicyclic) bond motifs is 1. The van der Waals surface area contributed by atoms with Crippen LogP contribution in [0.15, 0.2) is 77.9 Å². The van der Waals surface area contributed by atoms with Gasteiger partial charge in [0.05, 0.1) is 5.71 Å². The summed E-state index contributed by atoms with van der Waals surface area (Å²) in [6.07, 6.45) is 1.76. The molecule has 0 aliphatic rings. The van der Waals surface area contributed by atoms with Gasteiger partial charge in [0.15, 0.2) is 6.61 Å². The molecule has 0 radical (unpaired) electrons. The quantitative estimate of drug-likeness (QED) is 0.504. The molecule has 0 bridgehead atoms. The third-order valence-electron chi connectivity index (χ3n) is 4.00. The summed E-state index contributed by atoms with van der Waals surface area (Å²) in [6.45, 7) is 2.01. The Balaban J connectivity index is 1.60. The van der Waals surface area contributed by atoms with E-state index in [4.69, 9.17) is 4.74 Å². The van der Waals surface area contributed by atoms with Crippen LogP contribution < -0.4 is 10.2 Å². The molecule has 0 saturated carbocycles. The number of hydrogen-bond acceptors (Lipinski definition) is 3. The van der Waals surface area contributed by atoms with Crippen molar-refractivity contribution in [2.75, 3.05) is 6.61 Å². The maximum absolute atomic E-state index is 12.1. The molecule has 0 unspecified atom stereocenters. The topological polar surface area (TPSA) is 50.7 Å². The molecule has 0 heterocycles. The largest absolute Gasteiger partial charge is 0.484 e. The minimum Gasteiger partial charge on any atom is -0.484 e. The Bertz CT molecular complexity index is 904. The van der Waals surface area contributed by atoms with E-state index in [-0.39, 0.29) is 12.5 Å². The van der Waals surface area contributed by atoms with Crippen molar-refractivity contribution in [3.05, 3.63) is 78.4 Å². The van der Waals surface area contributed by atoms with Crippen LogP contribution >= 0.6 is 0 Å². The lowest BCUT2D eigenvalue weighted by atomic mass is 10.1. The molecule has 3 rings (SSSR count). The van der Waals surface area contributed by atoms with Gasteiger partial charge in [-0.3, -0.25) is 4.79 Å². The molecule has 1 amide bonds. The van der Waals surface area contributed by atoms with Crippen molar-refractivity contribution >= 4 is 22.4 Å². The Morgan fingerprint density at radius 1 is 0.962 bits per heavy atom. The highest BCUT2D eigenvalue weighted by atomic mass is 16.5. The number of benzene rings is 3. The van der Waals surface area contributed by atoms with Crippen LogP contribution in [-0.4, -0.2) is 18.2 Å². The zero-order chi connectivity index (χ0) is 18.2. The highest BCUT2D eigenvalue weighted by Gasteiger charge is 2.06. The number of ether oxygens (including phenoxy) is 1. The van der Waals surface area contributed by atoms with Gasteiger partial charge in [0, 0.05) is 0 Å². The van der Waals surface area contributed by atoms with Gasteiger partial charge < -0.3 is 4.74 Å². The number of carbonyl (C=O) groups is 1. The molecule has 0 spiro atoms. The maximum Gasteiger partial charge on any atom is 0.277 e. The molecule has 0 atom stereocenters. The SMILES string of the molecule is CCCC(=NNC(=O)COc1ccc2ccccc2c1)c1ccccc1. The average Bonchev–Trinajstić information content (AvgIpc) is 2.70. The summed E-state index contributed by atoms with van der Waals surface area (Å²) in [4.78, 5) is 12.1. The number of nitrogens with zero attached hydrogens (tertiary/aromatic N) is 1. The highest BCUT2D eigenvalue weighted by Crippen LogP contribution is 2.20. The average molecular weight is 346 g/mol. The summed E-state index contributed by atoms with van der Waals surface area (Å²) in [5.74, 6) is 0.391. The Morgan fingerprint density at radius 3 is 2.46 bits per heavy atom. The molecular weight excluding hydrogens is 324 g/mol. The fraction of sp³-hybridized carbons (Fsp3) is 0.182. The van der Waals surface area contributed by atoms with Gasteiger partial charge in [-0.1, -0.05) is 74.0 Å². The van der Waals surface area contributed by atoms with Crippen LogP contribution in [0.5, 0.6) is 5.75 Å². The second-order valence-electron chi connectivity index (χ2n) is 6.01. The van der Waals surface area contributed by atoms with Crippen LogP contribution in [0.3, 0.4) is 0 Å². The minimum absolute atomic E-state index is 0.0734. The van der Waals surface area contributed by atoms with Gasteiger partial charge in [0.1, 0.15) is 5.75 Å². The molecule has 0 aliphatic heterocycles. The summed E-state index contributed by atoms with van der Waals surface area (Å²) in [5, 5.41) is 6.50. The van der Waals surface area contributed by atoms with E-state index in [0.717, 1.165) is 34.9 Å². The summed E-state index contributed by atoms with van der Waals surface area (Å²) in [6, 6.07) is 23.7. The van der Waals surface area contributed by atoms with E-state index in [2.05, 4.69) is 17.5 Å². The highest BCUT2D eigenvalue weighted by molar-refractivity contribution is 6.01. The fourth-order valence-electron chi connectivity index (χ4n) is 2.70. The molecule has 4 nitrogen and oxygen atoms in total. The molecule has 4 heteroatoms. The molecular formula is C22H22N2O2. The van der Waals surface area contributed by atoms with Crippen LogP contribution in [0.25, 0.3) is 10.8 Å². The fourth-order valence-corrected chi connectivity index (χ4v) is 2.70. The predicted molar refractivity (Wildman–Crippen MR) is 105 cm³/mol. The Labute approximate surface area is 153 Å². The van der Waals surface area contributed by atoms with Crippen molar-refractivity contribution in [3.8, 4) is 5.75 Å². The van der Waals surface area contributed by atoms with Crippen LogP contribution in [0, 0.1) is 0 Å². The van der Waals surface area contributed by atoms with Crippen molar-refractivity contribution < 1.29 is 9.53 Å². The third kappa shape index (κ3) is 4.70. The Hall–Kier alpha value is -3.14. The summed E-state index contributed by atoms with van der Waals surface area (Å²) >= 11 is 0. The van der Waals surface area contributed by atoms with Crippen molar-refractivity contribution in [2.24, 2.45) is 5.10 Å². The smallest absolute Gasteiger partial charge is 0.277 e. The molecule has 3 aromatic carbocycles. The van der Waals surface area contributed by atoms with Gasteiger partial charge in [-0.2, -0.15) is 5.10 Å². The number of hydrogen-bond donors (Lipinski definition) is 1. The van der Waals surface area contributed by atoms with Crippen LogP contribution in [-0.2, 0) is 4.79 Å². The van der Waals surface area contributed by atoms with Gasteiger partial charge in [-0.05, 0) is 34.9 Å². The van der Waals surface area contributed by atoms with Crippen molar-refractivity contribution in [2.45, 2.75) is 19.8 Å². The van der Waals surface area contributed by atoms with E-state index in [1.54, 1.807) is 0 Å². The first-order valence-electron chi connectivity index (χ1n) is 8.78. The van der Waals surface area contributed by atoms with Crippen LogP contribution in [0.1, 0.15) is 25.3 Å². The number of hydrazone groups is 1. The Morgan fingerprint density at radius 2 is 1.69 bits per heavy atom. The van der Waals surface area contributed by atoms with Crippen LogP contribution in [0.2, 0.25) is 0 Å². The molecule has 0 aromatic heterocycles. The predicted octanol–water partition coefficient (Wildman–Crippen LogP) is 4.54. The molecule has 0 fully saturated rings. The van der Waals surface area contributed by atoms with Gasteiger partial charge in [-0.25, -0.2) is 5.43 Å².